The van der Waals surface area contributed by atoms with Crippen LogP contribution in [0.3, 0.4) is 0 Å². The first kappa shape index (κ1) is 14.8. The van der Waals surface area contributed by atoms with Crippen molar-refractivity contribution < 1.29 is 0 Å². The smallest absolute Gasteiger partial charge is 0.0641 e. The molecule has 1 atom stereocenters. The van der Waals surface area contributed by atoms with E-state index in [4.69, 9.17) is 0 Å². The Morgan fingerprint density at radius 2 is 1.80 bits per heavy atom. The standard InChI is InChI=1S/C17H25N3/c1-12(2)17(15-9-7-6-8-10-15)18-11-16-13(3)19-20(5)14(16)4/h6-10,12,17-18H,11H2,1-5H3. The number of hydrogen-bond acceptors (Lipinski definition) is 2. The molecule has 2 aromatic rings. The monoisotopic (exact) mass is 271 g/mol. The first-order valence-corrected chi connectivity index (χ1v) is 7.28. The highest BCUT2D eigenvalue weighted by Crippen LogP contribution is 2.22. The molecule has 1 unspecified atom stereocenters. The molecule has 1 heterocycles. The SMILES string of the molecule is Cc1nn(C)c(C)c1CNC(c1ccccc1)C(C)C. The minimum atomic E-state index is 0.371. The molecule has 0 aliphatic carbocycles. The fourth-order valence-corrected chi connectivity index (χ4v) is 2.68. The van der Waals surface area contributed by atoms with Crippen LogP contribution in [0, 0.1) is 19.8 Å². The Morgan fingerprint density at radius 1 is 1.15 bits per heavy atom. The van der Waals surface area contributed by atoms with Gasteiger partial charge in [-0.15, -0.1) is 0 Å². The molecule has 0 fully saturated rings. The quantitative estimate of drug-likeness (QED) is 0.901. The van der Waals surface area contributed by atoms with Crippen molar-refractivity contribution in [3.8, 4) is 0 Å². The minimum absolute atomic E-state index is 0.371. The summed E-state index contributed by atoms with van der Waals surface area (Å²) in [6.07, 6.45) is 0. The van der Waals surface area contributed by atoms with Crippen molar-refractivity contribution in [1.82, 2.24) is 15.1 Å². The molecule has 20 heavy (non-hydrogen) atoms. The lowest BCUT2D eigenvalue weighted by Crippen LogP contribution is -2.25. The second-order valence-electron chi connectivity index (χ2n) is 5.79. The molecule has 1 aromatic carbocycles. The zero-order valence-electron chi connectivity index (χ0n) is 13.1. The first-order valence-electron chi connectivity index (χ1n) is 7.28. The van der Waals surface area contributed by atoms with Gasteiger partial charge in [0.25, 0.3) is 0 Å². The van der Waals surface area contributed by atoms with Crippen molar-refractivity contribution in [2.75, 3.05) is 0 Å². The van der Waals surface area contributed by atoms with Gasteiger partial charge in [-0.3, -0.25) is 4.68 Å². The van der Waals surface area contributed by atoms with Gasteiger partial charge in [0, 0.05) is 30.9 Å². The molecular weight excluding hydrogens is 246 g/mol. The number of rotatable bonds is 5. The lowest BCUT2D eigenvalue weighted by atomic mass is 9.96. The largest absolute Gasteiger partial charge is 0.305 e. The summed E-state index contributed by atoms with van der Waals surface area (Å²) in [5, 5.41) is 8.18. The van der Waals surface area contributed by atoms with E-state index in [0.29, 0.717) is 12.0 Å². The molecule has 0 radical (unpaired) electrons. The summed E-state index contributed by atoms with van der Waals surface area (Å²) >= 11 is 0. The van der Waals surface area contributed by atoms with Gasteiger partial charge in [-0.1, -0.05) is 44.2 Å². The van der Waals surface area contributed by atoms with Crippen LogP contribution < -0.4 is 5.32 Å². The number of aromatic nitrogens is 2. The average molecular weight is 271 g/mol. The summed E-state index contributed by atoms with van der Waals surface area (Å²) in [5.41, 5.74) is 5.02. The van der Waals surface area contributed by atoms with Gasteiger partial charge < -0.3 is 5.32 Å². The molecule has 0 aliphatic heterocycles. The number of nitrogens with zero attached hydrogens (tertiary/aromatic N) is 2. The molecule has 3 nitrogen and oxygen atoms in total. The van der Waals surface area contributed by atoms with E-state index < -0.39 is 0 Å². The van der Waals surface area contributed by atoms with Gasteiger partial charge in [-0.05, 0) is 25.3 Å². The highest BCUT2D eigenvalue weighted by atomic mass is 15.3. The number of benzene rings is 1. The van der Waals surface area contributed by atoms with E-state index in [9.17, 15) is 0 Å². The Bertz CT molecular complexity index is 555. The van der Waals surface area contributed by atoms with Gasteiger partial charge in [0.15, 0.2) is 0 Å². The zero-order valence-corrected chi connectivity index (χ0v) is 13.1. The predicted molar refractivity (Wildman–Crippen MR) is 83.5 cm³/mol. The minimum Gasteiger partial charge on any atom is -0.305 e. The van der Waals surface area contributed by atoms with Crippen molar-refractivity contribution in [1.29, 1.82) is 0 Å². The summed E-state index contributed by atoms with van der Waals surface area (Å²) in [4.78, 5) is 0. The fourth-order valence-electron chi connectivity index (χ4n) is 2.68. The second kappa shape index (κ2) is 6.23. The van der Waals surface area contributed by atoms with Crippen molar-refractivity contribution in [2.45, 2.75) is 40.3 Å². The summed E-state index contributed by atoms with van der Waals surface area (Å²) in [6, 6.07) is 11.0. The van der Waals surface area contributed by atoms with Crippen molar-refractivity contribution >= 4 is 0 Å². The van der Waals surface area contributed by atoms with Crippen LogP contribution in [0.2, 0.25) is 0 Å². The van der Waals surface area contributed by atoms with Crippen LogP contribution in [-0.2, 0) is 13.6 Å². The van der Waals surface area contributed by atoms with Crippen LogP contribution in [0.1, 0.15) is 42.4 Å². The van der Waals surface area contributed by atoms with E-state index in [0.717, 1.165) is 12.2 Å². The van der Waals surface area contributed by atoms with E-state index in [1.807, 2.05) is 11.7 Å². The third kappa shape index (κ3) is 3.10. The van der Waals surface area contributed by atoms with E-state index >= 15 is 0 Å². The highest BCUT2D eigenvalue weighted by Gasteiger charge is 2.17. The summed E-state index contributed by atoms with van der Waals surface area (Å²) in [5.74, 6) is 0.551. The Hall–Kier alpha value is -1.61. The lowest BCUT2D eigenvalue weighted by molar-refractivity contribution is 0.410. The third-order valence-electron chi connectivity index (χ3n) is 3.98. The summed E-state index contributed by atoms with van der Waals surface area (Å²) < 4.78 is 1.96. The Labute approximate surface area is 122 Å². The number of hydrogen-bond donors (Lipinski definition) is 1. The van der Waals surface area contributed by atoms with E-state index in [1.54, 1.807) is 0 Å². The fraction of sp³-hybridized carbons (Fsp3) is 0.471. The van der Waals surface area contributed by atoms with Crippen molar-refractivity contribution in [3.05, 3.63) is 52.8 Å². The van der Waals surface area contributed by atoms with Crippen LogP contribution in [-0.4, -0.2) is 9.78 Å². The van der Waals surface area contributed by atoms with Crippen LogP contribution in [0.25, 0.3) is 0 Å². The third-order valence-corrected chi connectivity index (χ3v) is 3.98. The summed E-state index contributed by atoms with van der Waals surface area (Å²) in [7, 11) is 2.00. The van der Waals surface area contributed by atoms with Crippen molar-refractivity contribution in [3.63, 3.8) is 0 Å². The van der Waals surface area contributed by atoms with E-state index in [2.05, 4.69) is 68.4 Å². The van der Waals surface area contributed by atoms with Crippen molar-refractivity contribution in [2.24, 2.45) is 13.0 Å². The van der Waals surface area contributed by atoms with Gasteiger partial charge in [0.05, 0.1) is 5.69 Å². The maximum Gasteiger partial charge on any atom is 0.0641 e. The summed E-state index contributed by atoms with van der Waals surface area (Å²) in [6.45, 7) is 9.59. The lowest BCUT2D eigenvalue weighted by Gasteiger charge is -2.23. The molecule has 1 aromatic heterocycles. The average Bonchev–Trinajstić information content (AvgIpc) is 2.66. The Kier molecular flexibility index (Phi) is 4.61. The maximum atomic E-state index is 4.48. The van der Waals surface area contributed by atoms with E-state index in [-0.39, 0.29) is 0 Å². The molecule has 0 saturated heterocycles. The molecule has 3 heteroatoms. The zero-order chi connectivity index (χ0) is 14.7. The van der Waals surface area contributed by atoms with Gasteiger partial charge in [0.1, 0.15) is 0 Å². The molecule has 108 valence electrons. The second-order valence-corrected chi connectivity index (χ2v) is 5.79. The molecular formula is C17H25N3. The van der Waals surface area contributed by atoms with Gasteiger partial charge >= 0.3 is 0 Å². The van der Waals surface area contributed by atoms with E-state index in [1.165, 1.54) is 16.8 Å². The maximum absolute atomic E-state index is 4.48. The highest BCUT2D eigenvalue weighted by molar-refractivity contribution is 5.25. The molecule has 0 amide bonds. The Balaban J connectivity index is 2.14. The van der Waals surface area contributed by atoms with Crippen LogP contribution >= 0.6 is 0 Å². The van der Waals surface area contributed by atoms with Crippen LogP contribution in [0.15, 0.2) is 30.3 Å². The van der Waals surface area contributed by atoms with Gasteiger partial charge in [-0.2, -0.15) is 5.10 Å². The first-order chi connectivity index (χ1) is 9.50. The molecule has 1 N–H and O–H groups in total. The van der Waals surface area contributed by atoms with Gasteiger partial charge in [-0.25, -0.2) is 0 Å². The predicted octanol–water partition coefficient (Wildman–Crippen LogP) is 3.52. The topological polar surface area (TPSA) is 29.9 Å². The molecule has 0 bridgehead atoms. The Morgan fingerprint density at radius 3 is 2.30 bits per heavy atom. The van der Waals surface area contributed by atoms with Gasteiger partial charge in [0.2, 0.25) is 0 Å². The normalized spacial score (nSPS) is 12.9. The number of aryl methyl sites for hydroxylation is 2. The van der Waals surface area contributed by atoms with Crippen LogP contribution in [0.4, 0.5) is 0 Å². The molecule has 2 rings (SSSR count). The van der Waals surface area contributed by atoms with Crippen LogP contribution in [0.5, 0.6) is 0 Å². The molecule has 0 spiro atoms. The molecule has 0 saturated carbocycles. The molecule has 0 aliphatic rings. The number of nitrogens with one attached hydrogen (secondary N) is 1.